The van der Waals surface area contributed by atoms with Gasteiger partial charge < -0.3 is 21.1 Å². The number of amides is 1. The van der Waals surface area contributed by atoms with E-state index < -0.39 is 17.7 Å². The molecule has 7 heteroatoms. The van der Waals surface area contributed by atoms with Crippen molar-refractivity contribution in [1.29, 1.82) is 0 Å². The van der Waals surface area contributed by atoms with E-state index in [0.29, 0.717) is 13.2 Å². The highest BCUT2D eigenvalue weighted by Gasteiger charge is 2.17. The van der Waals surface area contributed by atoms with E-state index in [0.717, 1.165) is 12.1 Å². The number of benzene rings is 1. The van der Waals surface area contributed by atoms with E-state index in [4.69, 9.17) is 10.5 Å². The number of hydrogen-bond acceptors (Lipinski definition) is 4. The zero-order valence-electron chi connectivity index (χ0n) is 10.8. The maximum absolute atomic E-state index is 13.5. The number of nitrogen functional groups attached to an aromatic ring is 1. The molecule has 0 aliphatic rings. The van der Waals surface area contributed by atoms with E-state index in [1.165, 1.54) is 14.0 Å². The number of anilines is 2. The third-order valence-corrected chi connectivity index (χ3v) is 2.42. The summed E-state index contributed by atoms with van der Waals surface area (Å²) in [4.78, 5) is 11.6. The summed E-state index contributed by atoms with van der Waals surface area (Å²) in [6, 6.07) is 1.19. The van der Waals surface area contributed by atoms with Crippen molar-refractivity contribution >= 4 is 17.3 Å². The molecule has 5 nitrogen and oxygen atoms in total. The highest BCUT2D eigenvalue weighted by Crippen LogP contribution is 2.22. The van der Waals surface area contributed by atoms with Gasteiger partial charge in [0.15, 0.2) is 11.6 Å². The van der Waals surface area contributed by atoms with Gasteiger partial charge in [0.1, 0.15) is 11.7 Å². The van der Waals surface area contributed by atoms with Crippen molar-refractivity contribution in [3.8, 4) is 0 Å². The maximum Gasteiger partial charge on any atom is 0.242 e. The largest absolute Gasteiger partial charge is 0.399 e. The number of rotatable bonds is 6. The molecule has 1 rings (SSSR count). The standard InChI is InChI=1S/C12H17F2N3O2/c1-7(12(18)16-3-4-19-2)17-11-9(13)5-8(15)6-10(11)14/h5-7,17H,3-4,15H2,1-2H3,(H,16,18). The molecule has 1 aromatic rings. The van der Waals surface area contributed by atoms with Crippen LogP contribution in [0.15, 0.2) is 12.1 Å². The number of carbonyl (C=O) groups excluding carboxylic acids is 1. The Morgan fingerprint density at radius 1 is 1.42 bits per heavy atom. The van der Waals surface area contributed by atoms with Crippen molar-refractivity contribution in [1.82, 2.24) is 5.32 Å². The number of halogens is 2. The Morgan fingerprint density at radius 2 is 2.00 bits per heavy atom. The summed E-state index contributed by atoms with van der Waals surface area (Å²) in [7, 11) is 1.51. The molecule has 0 aromatic heterocycles. The Labute approximate surface area is 110 Å². The van der Waals surface area contributed by atoms with Crippen LogP contribution in [0.3, 0.4) is 0 Å². The van der Waals surface area contributed by atoms with Crippen LogP contribution in [0.25, 0.3) is 0 Å². The Hall–Kier alpha value is -1.89. The van der Waals surface area contributed by atoms with E-state index in [1.807, 2.05) is 0 Å². The first-order valence-corrected chi connectivity index (χ1v) is 5.73. The molecule has 1 amide bonds. The topological polar surface area (TPSA) is 76.4 Å². The van der Waals surface area contributed by atoms with Crippen LogP contribution in [0.4, 0.5) is 20.2 Å². The molecule has 0 saturated carbocycles. The first-order valence-electron chi connectivity index (χ1n) is 5.73. The fourth-order valence-corrected chi connectivity index (χ4v) is 1.44. The van der Waals surface area contributed by atoms with E-state index in [-0.39, 0.29) is 17.3 Å². The fourth-order valence-electron chi connectivity index (χ4n) is 1.44. The summed E-state index contributed by atoms with van der Waals surface area (Å²) in [6.07, 6.45) is 0. The minimum atomic E-state index is -0.839. The van der Waals surface area contributed by atoms with Crippen LogP contribution in [-0.4, -0.2) is 32.2 Å². The van der Waals surface area contributed by atoms with E-state index >= 15 is 0 Å². The van der Waals surface area contributed by atoms with Crippen molar-refractivity contribution in [3.63, 3.8) is 0 Å². The first-order chi connectivity index (χ1) is 8.95. The van der Waals surface area contributed by atoms with Gasteiger partial charge in [0.25, 0.3) is 0 Å². The van der Waals surface area contributed by atoms with Gasteiger partial charge in [0, 0.05) is 19.3 Å². The lowest BCUT2D eigenvalue weighted by Crippen LogP contribution is -2.39. The lowest BCUT2D eigenvalue weighted by molar-refractivity contribution is -0.121. The highest BCUT2D eigenvalue weighted by atomic mass is 19.1. The number of nitrogens with two attached hydrogens (primary N) is 1. The minimum Gasteiger partial charge on any atom is -0.399 e. The first kappa shape index (κ1) is 15.2. The summed E-state index contributed by atoms with van der Waals surface area (Å²) in [6.45, 7) is 2.19. The summed E-state index contributed by atoms with van der Waals surface area (Å²) in [5, 5.41) is 5.03. The number of carbonyl (C=O) groups is 1. The molecule has 4 N–H and O–H groups in total. The van der Waals surface area contributed by atoms with Gasteiger partial charge in [-0.2, -0.15) is 0 Å². The second kappa shape index (κ2) is 6.89. The van der Waals surface area contributed by atoms with Gasteiger partial charge >= 0.3 is 0 Å². The molecule has 1 unspecified atom stereocenters. The van der Waals surface area contributed by atoms with Crippen molar-refractivity contribution < 1.29 is 18.3 Å². The summed E-state index contributed by atoms with van der Waals surface area (Å²) in [5.74, 6) is -2.06. The summed E-state index contributed by atoms with van der Waals surface area (Å²) < 4.78 is 31.8. The Balaban J connectivity index is 2.66. The monoisotopic (exact) mass is 273 g/mol. The molecule has 19 heavy (non-hydrogen) atoms. The van der Waals surface area contributed by atoms with Crippen LogP contribution < -0.4 is 16.4 Å². The molecular weight excluding hydrogens is 256 g/mol. The second-order valence-electron chi connectivity index (χ2n) is 4.01. The van der Waals surface area contributed by atoms with Gasteiger partial charge in [-0.15, -0.1) is 0 Å². The Bertz CT molecular complexity index is 432. The average Bonchev–Trinajstić information content (AvgIpc) is 2.33. The van der Waals surface area contributed by atoms with E-state index in [2.05, 4.69) is 10.6 Å². The molecule has 106 valence electrons. The third kappa shape index (κ3) is 4.36. The summed E-state index contributed by atoms with van der Waals surface area (Å²) >= 11 is 0. The number of hydrogen-bond donors (Lipinski definition) is 3. The molecule has 0 fully saturated rings. The molecule has 1 aromatic carbocycles. The lowest BCUT2D eigenvalue weighted by atomic mass is 10.2. The Kier molecular flexibility index (Phi) is 5.50. The van der Waals surface area contributed by atoms with Crippen molar-refractivity contribution in [3.05, 3.63) is 23.8 Å². The van der Waals surface area contributed by atoms with E-state index in [1.54, 1.807) is 0 Å². The maximum atomic E-state index is 13.5. The second-order valence-corrected chi connectivity index (χ2v) is 4.01. The smallest absolute Gasteiger partial charge is 0.242 e. The van der Waals surface area contributed by atoms with Gasteiger partial charge in [0.05, 0.1) is 6.61 Å². The molecule has 1 atom stereocenters. The van der Waals surface area contributed by atoms with Crippen LogP contribution in [0, 0.1) is 11.6 Å². The molecule has 0 aliphatic heterocycles. The van der Waals surface area contributed by atoms with Crippen molar-refractivity contribution in [2.45, 2.75) is 13.0 Å². The van der Waals surface area contributed by atoms with Crippen LogP contribution in [0.1, 0.15) is 6.92 Å². The van der Waals surface area contributed by atoms with Crippen LogP contribution in [0.2, 0.25) is 0 Å². The number of methoxy groups -OCH3 is 1. The van der Waals surface area contributed by atoms with Crippen LogP contribution >= 0.6 is 0 Å². The van der Waals surface area contributed by atoms with Crippen molar-refractivity contribution in [2.24, 2.45) is 0 Å². The predicted molar refractivity (Wildman–Crippen MR) is 68.7 cm³/mol. The van der Waals surface area contributed by atoms with Crippen LogP contribution in [0.5, 0.6) is 0 Å². The predicted octanol–water partition coefficient (Wildman–Crippen LogP) is 1.11. The quantitative estimate of drug-likeness (QED) is 0.536. The van der Waals surface area contributed by atoms with Gasteiger partial charge in [0.2, 0.25) is 5.91 Å². The SMILES string of the molecule is COCCNC(=O)C(C)Nc1c(F)cc(N)cc1F. The normalized spacial score (nSPS) is 12.0. The Morgan fingerprint density at radius 3 is 2.53 bits per heavy atom. The molecular formula is C12H17F2N3O2. The lowest BCUT2D eigenvalue weighted by Gasteiger charge is -2.16. The molecule has 0 heterocycles. The highest BCUT2D eigenvalue weighted by molar-refractivity contribution is 5.84. The minimum absolute atomic E-state index is 0.0160. The molecule has 0 aliphatic carbocycles. The third-order valence-electron chi connectivity index (χ3n) is 2.42. The van der Waals surface area contributed by atoms with Gasteiger partial charge in [-0.1, -0.05) is 0 Å². The zero-order chi connectivity index (χ0) is 14.4. The molecule has 0 radical (unpaired) electrons. The van der Waals surface area contributed by atoms with Gasteiger partial charge in [-0.05, 0) is 19.1 Å². The van der Waals surface area contributed by atoms with Gasteiger partial charge in [-0.25, -0.2) is 8.78 Å². The zero-order valence-corrected chi connectivity index (χ0v) is 10.8. The molecule has 0 bridgehead atoms. The van der Waals surface area contributed by atoms with Gasteiger partial charge in [-0.3, -0.25) is 4.79 Å². The molecule has 0 spiro atoms. The number of nitrogens with one attached hydrogen (secondary N) is 2. The van der Waals surface area contributed by atoms with Crippen molar-refractivity contribution in [2.75, 3.05) is 31.3 Å². The molecule has 0 saturated heterocycles. The van der Waals surface area contributed by atoms with Crippen LogP contribution in [-0.2, 0) is 9.53 Å². The summed E-state index contributed by atoms with van der Waals surface area (Å²) in [5.41, 5.74) is 4.91. The average molecular weight is 273 g/mol. The number of ether oxygens (including phenoxy) is 1. The van der Waals surface area contributed by atoms with E-state index in [9.17, 15) is 13.6 Å². The fraction of sp³-hybridized carbons (Fsp3) is 0.417.